The second-order valence-electron chi connectivity index (χ2n) is 4.29. The first-order valence-corrected chi connectivity index (χ1v) is 5.23. The fraction of sp³-hybridized carbons (Fsp3) is 1.00. The average Bonchev–Trinajstić information content (AvgIpc) is 2.29. The van der Waals surface area contributed by atoms with E-state index in [1.807, 2.05) is 14.1 Å². The first kappa shape index (κ1) is 11.0. The molecule has 2 unspecified atom stereocenters. The Morgan fingerprint density at radius 2 is 2.23 bits per heavy atom. The van der Waals surface area contributed by atoms with E-state index in [1.165, 1.54) is 19.3 Å². The SMILES string of the molecule is CN(C)CC(O)C1CCCCNC1. The normalized spacial score (nSPS) is 27.2. The average molecular weight is 186 g/mol. The Kier molecular flexibility index (Phi) is 4.70. The van der Waals surface area contributed by atoms with Crippen LogP contribution in [-0.2, 0) is 0 Å². The molecule has 3 nitrogen and oxygen atoms in total. The molecule has 0 radical (unpaired) electrons. The van der Waals surface area contributed by atoms with Gasteiger partial charge in [0.05, 0.1) is 6.10 Å². The van der Waals surface area contributed by atoms with Crippen LogP contribution in [0.1, 0.15) is 19.3 Å². The van der Waals surface area contributed by atoms with Crippen molar-refractivity contribution in [2.24, 2.45) is 5.92 Å². The second kappa shape index (κ2) is 5.58. The zero-order valence-corrected chi connectivity index (χ0v) is 8.79. The summed E-state index contributed by atoms with van der Waals surface area (Å²) in [6, 6.07) is 0. The molecule has 2 N–H and O–H groups in total. The van der Waals surface area contributed by atoms with Gasteiger partial charge in [-0.15, -0.1) is 0 Å². The molecule has 0 aromatic rings. The first-order chi connectivity index (χ1) is 6.20. The van der Waals surface area contributed by atoms with Crippen LogP contribution in [0, 0.1) is 5.92 Å². The lowest BCUT2D eigenvalue weighted by Gasteiger charge is -2.24. The van der Waals surface area contributed by atoms with Crippen LogP contribution in [0.5, 0.6) is 0 Å². The maximum atomic E-state index is 9.89. The third-order valence-electron chi connectivity index (χ3n) is 2.68. The monoisotopic (exact) mass is 186 g/mol. The molecule has 0 aromatic heterocycles. The summed E-state index contributed by atoms with van der Waals surface area (Å²) >= 11 is 0. The van der Waals surface area contributed by atoms with Gasteiger partial charge < -0.3 is 15.3 Å². The Morgan fingerprint density at radius 1 is 1.46 bits per heavy atom. The van der Waals surface area contributed by atoms with Crippen molar-refractivity contribution < 1.29 is 5.11 Å². The van der Waals surface area contributed by atoms with Crippen LogP contribution in [0.2, 0.25) is 0 Å². The molecule has 0 aliphatic carbocycles. The molecule has 0 spiro atoms. The number of likely N-dealkylation sites (N-methyl/N-ethyl adjacent to an activating group) is 1. The van der Waals surface area contributed by atoms with Crippen LogP contribution in [0.15, 0.2) is 0 Å². The van der Waals surface area contributed by atoms with Gasteiger partial charge in [-0.05, 0) is 39.4 Å². The predicted octanol–water partition coefficient (Wildman–Crippen LogP) is 0.299. The van der Waals surface area contributed by atoms with Crippen LogP contribution in [0.25, 0.3) is 0 Å². The van der Waals surface area contributed by atoms with Crippen LogP contribution < -0.4 is 5.32 Å². The Bertz CT molecular complexity index is 131. The minimum atomic E-state index is -0.166. The van der Waals surface area contributed by atoms with Crippen LogP contribution in [0.3, 0.4) is 0 Å². The molecule has 0 bridgehead atoms. The number of nitrogens with zero attached hydrogens (tertiary/aromatic N) is 1. The number of hydrogen-bond donors (Lipinski definition) is 2. The molecule has 3 heteroatoms. The van der Waals surface area contributed by atoms with Crippen molar-refractivity contribution in [3.05, 3.63) is 0 Å². The van der Waals surface area contributed by atoms with Crippen molar-refractivity contribution in [1.29, 1.82) is 0 Å². The summed E-state index contributed by atoms with van der Waals surface area (Å²) in [4.78, 5) is 2.05. The highest BCUT2D eigenvalue weighted by atomic mass is 16.3. The molecular formula is C10H22N2O. The summed E-state index contributed by atoms with van der Waals surface area (Å²) in [6.45, 7) is 2.88. The summed E-state index contributed by atoms with van der Waals surface area (Å²) in [5, 5.41) is 13.3. The van der Waals surface area contributed by atoms with Gasteiger partial charge >= 0.3 is 0 Å². The minimum Gasteiger partial charge on any atom is -0.391 e. The molecule has 1 saturated heterocycles. The van der Waals surface area contributed by atoms with Gasteiger partial charge in [0.15, 0.2) is 0 Å². The number of rotatable bonds is 3. The molecule has 1 aliphatic rings. The van der Waals surface area contributed by atoms with Gasteiger partial charge in [0.2, 0.25) is 0 Å². The molecule has 78 valence electrons. The third kappa shape index (κ3) is 4.07. The summed E-state index contributed by atoms with van der Waals surface area (Å²) in [5.74, 6) is 0.449. The Morgan fingerprint density at radius 3 is 2.92 bits per heavy atom. The molecule has 1 rings (SSSR count). The smallest absolute Gasteiger partial charge is 0.0707 e. The van der Waals surface area contributed by atoms with E-state index in [1.54, 1.807) is 0 Å². The van der Waals surface area contributed by atoms with Gasteiger partial charge in [-0.25, -0.2) is 0 Å². The zero-order chi connectivity index (χ0) is 9.68. The van der Waals surface area contributed by atoms with Crippen LogP contribution in [0.4, 0.5) is 0 Å². The van der Waals surface area contributed by atoms with E-state index in [-0.39, 0.29) is 6.10 Å². The fourth-order valence-electron chi connectivity index (χ4n) is 1.90. The molecule has 2 atom stereocenters. The molecule has 1 heterocycles. The zero-order valence-electron chi connectivity index (χ0n) is 8.79. The van der Waals surface area contributed by atoms with E-state index in [0.29, 0.717) is 5.92 Å². The van der Waals surface area contributed by atoms with E-state index >= 15 is 0 Å². The van der Waals surface area contributed by atoms with E-state index in [2.05, 4.69) is 10.2 Å². The lowest BCUT2D eigenvalue weighted by molar-refractivity contribution is 0.0772. The lowest BCUT2D eigenvalue weighted by Crippen LogP contribution is -2.36. The molecule has 13 heavy (non-hydrogen) atoms. The summed E-state index contributed by atoms with van der Waals surface area (Å²) < 4.78 is 0. The quantitative estimate of drug-likeness (QED) is 0.665. The van der Waals surface area contributed by atoms with Gasteiger partial charge in [0.25, 0.3) is 0 Å². The highest BCUT2D eigenvalue weighted by molar-refractivity contribution is 4.75. The fourth-order valence-corrected chi connectivity index (χ4v) is 1.90. The van der Waals surface area contributed by atoms with Crippen molar-refractivity contribution in [3.8, 4) is 0 Å². The summed E-state index contributed by atoms with van der Waals surface area (Å²) in [5.41, 5.74) is 0. The van der Waals surface area contributed by atoms with Gasteiger partial charge in [-0.3, -0.25) is 0 Å². The summed E-state index contributed by atoms with van der Waals surface area (Å²) in [7, 11) is 4.01. The molecule has 0 aromatic carbocycles. The number of aliphatic hydroxyl groups is 1. The van der Waals surface area contributed by atoms with Crippen molar-refractivity contribution in [2.45, 2.75) is 25.4 Å². The van der Waals surface area contributed by atoms with E-state index < -0.39 is 0 Å². The Hall–Kier alpha value is -0.120. The van der Waals surface area contributed by atoms with E-state index in [0.717, 1.165) is 19.6 Å². The van der Waals surface area contributed by atoms with Gasteiger partial charge in [0.1, 0.15) is 0 Å². The number of nitrogens with one attached hydrogen (secondary N) is 1. The van der Waals surface area contributed by atoms with Gasteiger partial charge in [-0.2, -0.15) is 0 Å². The van der Waals surface area contributed by atoms with Crippen molar-refractivity contribution in [3.63, 3.8) is 0 Å². The van der Waals surface area contributed by atoms with Gasteiger partial charge in [0, 0.05) is 13.1 Å². The van der Waals surface area contributed by atoms with Crippen LogP contribution in [-0.4, -0.2) is 49.8 Å². The molecule has 1 aliphatic heterocycles. The maximum absolute atomic E-state index is 9.89. The lowest BCUT2D eigenvalue weighted by atomic mass is 9.97. The molecule has 1 fully saturated rings. The third-order valence-corrected chi connectivity index (χ3v) is 2.68. The highest BCUT2D eigenvalue weighted by Gasteiger charge is 2.20. The topological polar surface area (TPSA) is 35.5 Å². The predicted molar refractivity (Wildman–Crippen MR) is 54.8 cm³/mol. The van der Waals surface area contributed by atoms with E-state index in [9.17, 15) is 5.11 Å². The molecule has 0 amide bonds. The Balaban J connectivity index is 2.30. The highest BCUT2D eigenvalue weighted by Crippen LogP contribution is 2.15. The van der Waals surface area contributed by atoms with Crippen molar-refractivity contribution in [1.82, 2.24) is 10.2 Å². The largest absolute Gasteiger partial charge is 0.391 e. The first-order valence-electron chi connectivity index (χ1n) is 5.23. The van der Waals surface area contributed by atoms with E-state index in [4.69, 9.17) is 0 Å². The number of aliphatic hydroxyl groups excluding tert-OH is 1. The Labute approximate surface area is 81.1 Å². The number of hydrogen-bond acceptors (Lipinski definition) is 3. The molecular weight excluding hydrogens is 164 g/mol. The standard InChI is InChI=1S/C10H22N2O/c1-12(2)8-10(13)9-5-3-4-6-11-7-9/h9-11,13H,3-8H2,1-2H3. The minimum absolute atomic E-state index is 0.166. The second-order valence-corrected chi connectivity index (χ2v) is 4.29. The van der Waals surface area contributed by atoms with Crippen LogP contribution >= 0.6 is 0 Å². The summed E-state index contributed by atoms with van der Waals surface area (Å²) in [6.07, 6.45) is 3.51. The maximum Gasteiger partial charge on any atom is 0.0707 e. The van der Waals surface area contributed by atoms with Crippen molar-refractivity contribution >= 4 is 0 Å². The van der Waals surface area contributed by atoms with Crippen molar-refractivity contribution in [2.75, 3.05) is 33.7 Å². The molecule has 0 saturated carbocycles. The van der Waals surface area contributed by atoms with Gasteiger partial charge in [-0.1, -0.05) is 6.42 Å².